The Labute approximate surface area is 97.9 Å². The minimum Gasteiger partial charge on any atom is -0.296 e. The van der Waals surface area contributed by atoms with E-state index in [1.807, 2.05) is 0 Å². The molecule has 0 saturated carbocycles. The minimum absolute atomic E-state index is 0.745. The Morgan fingerprint density at radius 2 is 2.00 bits per heavy atom. The molecule has 2 heteroatoms. The third kappa shape index (κ3) is 2.99. The highest BCUT2D eigenvalue weighted by Gasteiger charge is 2.17. The summed E-state index contributed by atoms with van der Waals surface area (Å²) in [6, 6.07) is 9.27. The van der Waals surface area contributed by atoms with Gasteiger partial charge in [0.25, 0.3) is 0 Å². The maximum Gasteiger partial charge on any atom is 0.0236 e. The zero-order valence-corrected chi connectivity index (χ0v) is 10.2. The summed E-state index contributed by atoms with van der Waals surface area (Å²) in [4.78, 5) is 3.63. The zero-order chi connectivity index (χ0) is 10.7. The number of thiol groups is 1. The summed E-state index contributed by atoms with van der Waals surface area (Å²) < 4.78 is 0. The molecule has 0 N–H and O–H groups in total. The van der Waals surface area contributed by atoms with E-state index >= 15 is 0 Å². The van der Waals surface area contributed by atoms with Crippen molar-refractivity contribution in [1.29, 1.82) is 0 Å². The van der Waals surface area contributed by atoms with Crippen LogP contribution in [0.2, 0.25) is 0 Å². The van der Waals surface area contributed by atoms with Crippen molar-refractivity contribution in [2.45, 2.75) is 43.7 Å². The molecule has 1 aliphatic heterocycles. The van der Waals surface area contributed by atoms with Crippen LogP contribution in [0.4, 0.5) is 0 Å². The van der Waals surface area contributed by atoms with E-state index in [0.29, 0.717) is 0 Å². The second-order valence-corrected chi connectivity index (χ2v) is 5.00. The molecule has 1 aromatic rings. The van der Waals surface area contributed by atoms with E-state index in [2.05, 4.69) is 48.7 Å². The van der Waals surface area contributed by atoms with E-state index in [9.17, 15) is 0 Å². The Hall–Kier alpha value is -0.470. The predicted octanol–water partition coefficient (Wildman–Crippen LogP) is 3.35. The van der Waals surface area contributed by atoms with Crippen molar-refractivity contribution in [2.24, 2.45) is 0 Å². The van der Waals surface area contributed by atoms with Gasteiger partial charge in [-0.05, 0) is 44.0 Å². The van der Waals surface area contributed by atoms with E-state index in [1.54, 1.807) is 0 Å². The molecular formula is C13H19NS. The summed E-state index contributed by atoms with van der Waals surface area (Å²) >= 11 is 4.30. The minimum atomic E-state index is 0.745. The number of hydrogen-bond acceptors (Lipinski definition) is 2. The van der Waals surface area contributed by atoms with Crippen LogP contribution in [0.1, 0.15) is 31.7 Å². The van der Waals surface area contributed by atoms with Crippen LogP contribution in [-0.2, 0) is 6.54 Å². The lowest BCUT2D eigenvalue weighted by Gasteiger charge is -2.33. The SMILES string of the molecule is C[C@H]1CCCCN1Cc1ccc(S)cc1. The maximum atomic E-state index is 4.30. The van der Waals surface area contributed by atoms with Gasteiger partial charge in [0, 0.05) is 17.5 Å². The van der Waals surface area contributed by atoms with Gasteiger partial charge in [-0.1, -0.05) is 18.6 Å². The van der Waals surface area contributed by atoms with Crippen molar-refractivity contribution < 1.29 is 0 Å². The highest BCUT2D eigenvalue weighted by atomic mass is 32.1. The summed E-state index contributed by atoms with van der Waals surface area (Å²) in [7, 11) is 0. The van der Waals surface area contributed by atoms with Crippen LogP contribution in [0.3, 0.4) is 0 Å². The maximum absolute atomic E-state index is 4.30. The highest BCUT2D eigenvalue weighted by molar-refractivity contribution is 7.80. The Bertz CT molecular complexity index is 307. The normalized spacial score (nSPS) is 22.9. The van der Waals surface area contributed by atoms with Crippen molar-refractivity contribution in [3.8, 4) is 0 Å². The molecule has 0 radical (unpaired) electrons. The van der Waals surface area contributed by atoms with Gasteiger partial charge in [0.15, 0.2) is 0 Å². The summed E-state index contributed by atoms with van der Waals surface area (Å²) in [5.41, 5.74) is 1.40. The average Bonchev–Trinajstić information content (AvgIpc) is 2.25. The van der Waals surface area contributed by atoms with Crippen LogP contribution in [0.25, 0.3) is 0 Å². The molecule has 0 unspecified atom stereocenters. The summed E-state index contributed by atoms with van der Waals surface area (Å²) in [6.45, 7) is 4.69. The monoisotopic (exact) mass is 221 g/mol. The molecule has 1 fully saturated rings. The first-order valence-electron chi connectivity index (χ1n) is 5.77. The van der Waals surface area contributed by atoms with E-state index in [0.717, 1.165) is 17.5 Å². The predicted molar refractivity (Wildman–Crippen MR) is 67.4 cm³/mol. The molecule has 1 saturated heterocycles. The van der Waals surface area contributed by atoms with Gasteiger partial charge in [-0.15, -0.1) is 12.6 Å². The second-order valence-electron chi connectivity index (χ2n) is 4.48. The number of benzene rings is 1. The van der Waals surface area contributed by atoms with Gasteiger partial charge < -0.3 is 0 Å². The fourth-order valence-electron chi connectivity index (χ4n) is 2.23. The van der Waals surface area contributed by atoms with Crippen molar-refractivity contribution in [1.82, 2.24) is 4.90 Å². The van der Waals surface area contributed by atoms with Crippen molar-refractivity contribution >= 4 is 12.6 Å². The summed E-state index contributed by atoms with van der Waals surface area (Å²) in [5, 5.41) is 0. The molecule has 0 amide bonds. The zero-order valence-electron chi connectivity index (χ0n) is 9.32. The van der Waals surface area contributed by atoms with Crippen molar-refractivity contribution in [3.63, 3.8) is 0 Å². The lowest BCUT2D eigenvalue weighted by Crippen LogP contribution is -2.36. The largest absolute Gasteiger partial charge is 0.296 e. The van der Waals surface area contributed by atoms with Crippen LogP contribution in [0.15, 0.2) is 29.2 Å². The molecule has 0 aromatic heterocycles. The third-order valence-corrected chi connectivity index (χ3v) is 3.56. The van der Waals surface area contributed by atoms with Crippen LogP contribution in [-0.4, -0.2) is 17.5 Å². The number of rotatable bonds is 2. The quantitative estimate of drug-likeness (QED) is 0.750. The fraction of sp³-hybridized carbons (Fsp3) is 0.538. The Morgan fingerprint density at radius 3 is 2.67 bits per heavy atom. The van der Waals surface area contributed by atoms with Crippen molar-refractivity contribution in [3.05, 3.63) is 29.8 Å². The van der Waals surface area contributed by atoms with Crippen LogP contribution in [0.5, 0.6) is 0 Å². The van der Waals surface area contributed by atoms with Gasteiger partial charge >= 0.3 is 0 Å². The van der Waals surface area contributed by atoms with E-state index in [4.69, 9.17) is 0 Å². The summed E-state index contributed by atoms with van der Waals surface area (Å²) in [6.07, 6.45) is 4.10. The molecule has 0 aliphatic carbocycles. The van der Waals surface area contributed by atoms with Gasteiger partial charge in [-0.2, -0.15) is 0 Å². The van der Waals surface area contributed by atoms with Gasteiger partial charge in [0.2, 0.25) is 0 Å². The molecule has 1 nitrogen and oxygen atoms in total. The standard InChI is InChI=1S/C13H19NS/c1-11-4-2-3-9-14(11)10-12-5-7-13(15)8-6-12/h5-8,11,15H,2-4,9-10H2,1H3/t11-/m0/s1. The first-order chi connectivity index (χ1) is 7.25. The number of likely N-dealkylation sites (tertiary alicyclic amines) is 1. The first kappa shape index (κ1) is 11.0. The lowest BCUT2D eigenvalue weighted by atomic mass is 10.0. The molecule has 0 spiro atoms. The van der Waals surface area contributed by atoms with E-state index in [1.165, 1.54) is 31.4 Å². The molecule has 2 rings (SSSR count). The Kier molecular flexibility index (Phi) is 3.71. The van der Waals surface area contributed by atoms with E-state index < -0.39 is 0 Å². The van der Waals surface area contributed by atoms with Gasteiger partial charge in [-0.3, -0.25) is 4.90 Å². The third-order valence-electron chi connectivity index (χ3n) is 3.26. The number of nitrogens with zero attached hydrogens (tertiary/aromatic N) is 1. The molecule has 82 valence electrons. The van der Waals surface area contributed by atoms with Crippen LogP contribution >= 0.6 is 12.6 Å². The fourth-order valence-corrected chi connectivity index (χ4v) is 2.38. The van der Waals surface area contributed by atoms with Crippen molar-refractivity contribution in [2.75, 3.05) is 6.54 Å². The number of piperidine rings is 1. The molecule has 1 aliphatic rings. The molecule has 1 aromatic carbocycles. The van der Waals surface area contributed by atoms with Gasteiger partial charge in [0.05, 0.1) is 0 Å². The van der Waals surface area contributed by atoms with Crippen LogP contribution < -0.4 is 0 Å². The highest BCUT2D eigenvalue weighted by Crippen LogP contribution is 2.19. The Morgan fingerprint density at radius 1 is 1.27 bits per heavy atom. The molecule has 1 atom stereocenters. The smallest absolute Gasteiger partial charge is 0.0236 e. The average molecular weight is 221 g/mol. The van der Waals surface area contributed by atoms with Crippen LogP contribution in [0, 0.1) is 0 Å². The summed E-state index contributed by atoms with van der Waals surface area (Å²) in [5.74, 6) is 0. The number of hydrogen-bond donors (Lipinski definition) is 1. The molecular weight excluding hydrogens is 202 g/mol. The lowest BCUT2D eigenvalue weighted by molar-refractivity contribution is 0.152. The molecule has 0 bridgehead atoms. The second kappa shape index (κ2) is 5.04. The molecule has 1 heterocycles. The molecule has 15 heavy (non-hydrogen) atoms. The van der Waals surface area contributed by atoms with Gasteiger partial charge in [-0.25, -0.2) is 0 Å². The Balaban J connectivity index is 1.98. The first-order valence-corrected chi connectivity index (χ1v) is 6.22. The van der Waals surface area contributed by atoms with Gasteiger partial charge in [0.1, 0.15) is 0 Å². The topological polar surface area (TPSA) is 3.24 Å². The van der Waals surface area contributed by atoms with E-state index in [-0.39, 0.29) is 0 Å².